The van der Waals surface area contributed by atoms with Crippen LogP contribution in [0.1, 0.15) is 18.4 Å². The van der Waals surface area contributed by atoms with E-state index in [1.165, 1.54) is 14.2 Å². The molecule has 0 unspecified atom stereocenters. The van der Waals surface area contributed by atoms with Crippen LogP contribution in [-0.4, -0.2) is 42.4 Å². The van der Waals surface area contributed by atoms with Gasteiger partial charge in [0.1, 0.15) is 5.54 Å². The minimum absolute atomic E-state index is 0.221. The molecule has 4 atom stereocenters. The summed E-state index contributed by atoms with van der Waals surface area (Å²) in [6.45, 7) is 0. The summed E-state index contributed by atoms with van der Waals surface area (Å²) in [5, 5.41) is 3.36. The van der Waals surface area contributed by atoms with E-state index < -0.39 is 28.9 Å². The van der Waals surface area contributed by atoms with Crippen molar-refractivity contribution in [3.63, 3.8) is 0 Å². The van der Waals surface area contributed by atoms with E-state index in [4.69, 9.17) is 4.74 Å². The summed E-state index contributed by atoms with van der Waals surface area (Å²) in [5.41, 5.74) is -0.848. The lowest BCUT2D eigenvalue weighted by Crippen LogP contribution is -2.54. The fourth-order valence-electron chi connectivity index (χ4n) is 4.78. The third-order valence-electron chi connectivity index (χ3n) is 5.79. The molecule has 0 aliphatic carbocycles. The first-order valence-electron chi connectivity index (χ1n) is 7.72. The highest BCUT2D eigenvalue weighted by Crippen LogP contribution is 2.60. The maximum atomic E-state index is 12.7. The second-order valence-corrected chi connectivity index (χ2v) is 6.62. The van der Waals surface area contributed by atoms with E-state index in [1.807, 2.05) is 30.3 Å². The molecule has 3 aliphatic heterocycles. The average molecular weight is 314 g/mol. The van der Waals surface area contributed by atoms with Gasteiger partial charge in [-0.3, -0.25) is 24.6 Å². The van der Waals surface area contributed by atoms with Crippen LogP contribution in [0.4, 0.5) is 0 Å². The van der Waals surface area contributed by atoms with Gasteiger partial charge in [-0.25, -0.2) is 0 Å². The summed E-state index contributed by atoms with van der Waals surface area (Å²) >= 11 is 0. The minimum atomic E-state index is -1.10. The van der Waals surface area contributed by atoms with Crippen LogP contribution in [0.25, 0.3) is 0 Å². The van der Waals surface area contributed by atoms with Gasteiger partial charge in [0.25, 0.3) is 0 Å². The summed E-state index contributed by atoms with van der Waals surface area (Å²) in [7, 11) is 2.81. The van der Waals surface area contributed by atoms with Crippen molar-refractivity contribution in [2.45, 2.75) is 23.9 Å². The van der Waals surface area contributed by atoms with Gasteiger partial charge in [0.2, 0.25) is 11.8 Å². The molecule has 3 aliphatic rings. The number of fused-ring (bicyclic) bond motifs is 5. The number of methoxy groups -OCH3 is 1. The van der Waals surface area contributed by atoms with E-state index in [2.05, 4.69) is 5.32 Å². The van der Waals surface area contributed by atoms with Gasteiger partial charge >= 0.3 is 5.97 Å². The molecule has 0 spiro atoms. The zero-order chi connectivity index (χ0) is 16.4. The van der Waals surface area contributed by atoms with Gasteiger partial charge in [-0.2, -0.15) is 0 Å². The predicted molar refractivity (Wildman–Crippen MR) is 80.0 cm³/mol. The molecule has 2 bridgehead atoms. The molecule has 1 aromatic rings. The Morgan fingerprint density at radius 2 is 1.83 bits per heavy atom. The lowest BCUT2D eigenvalue weighted by atomic mass is 9.65. The molecule has 4 rings (SSSR count). The molecule has 23 heavy (non-hydrogen) atoms. The Kier molecular flexibility index (Phi) is 2.76. The molecule has 0 aromatic heterocycles. The van der Waals surface area contributed by atoms with Gasteiger partial charge in [-0.15, -0.1) is 0 Å². The summed E-state index contributed by atoms with van der Waals surface area (Å²) in [4.78, 5) is 39.0. The van der Waals surface area contributed by atoms with Crippen molar-refractivity contribution in [3.05, 3.63) is 35.9 Å². The fourth-order valence-corrected chi connectivity index (χ4v) is 4.78. The molecule has 1 aromatic carbocycles. The zero-order valence-corrected chi connectivity index (χ0v) is 13.0. The number of nitrogens with zero attached hydrogens (tertiary/aromatic N) is 1. The number of benzene rings is 1. The summed E-state index contributed by atoms with van der Waals surface area (Å²) < 4.78 is 4.98. The number of rotatable bonds is 2. The van der Waals surface area contributed by atoms with Crippen molar-refractivity contribution >= 4 is 17.8 Å². The van der Waals surface area contributed by atoms with Crippen LogP contribution in [0, 0.1) is 11.8 Å². The quantitative estimate of drug-likeness (QED) is 0.632. The molecular formula is C17H18N2O4. The summed E-state index contributed by atoms with van der Waals surface area (Å²) in [6.07, 6.45) is 1.11. The van der Waals surface area contributed by atoms with E-state index in [9.17, 15) is 14.4 Å². The van der Waals surface area contributed by atoms with Gasteiger partial charge in [0.05, 0.1) is 24.5 Å². The largest absolute Gasteiger partial charge is 0.468 e. The predicted octanol–water partition coefficient (Wildman–Crippen LogP) is 0.422. The van der Waals surface area contributed by atoms with Crippen LogP contribution in [0.5, 0.6) is 0 Å². The number of carbonyl (C=O) groups is 3. The Hall–Kier alpha value is -2.21. The second-order valence-electron chi connectivity index (χ2n) is 6.62. The number of nitrogens with one attached hydrogen (secondary N) is 1. The smallest absolute Gasteiger partial charge is 0.326 e. The lowest BCUT2D eigenvalue weighted by Gasteiger charge is -2.33. The molecule has 6 heteroatoms. The highest BCUT2D eigenvalue weighted by Gasteiger charge is 2.76. The first-order valence-corrected chi connectivity index (χ1v) is 7.72. The third-order valence-corrected chi connectivity index (χ3v) is 5.79. The second kappa shape index (κ2) is 4.41. The monoisotopic (exact) mass is 314 g/mol. The van der Waals surface area contributed by atoms with Crippen LogP contribution in [0.2, 0.25) is 0 Å². The van der Waals surface area contributed by atoms with E-state index >= 15 is 0 Å². The molecular weight excluding hydrogens is 296 g/mol. The number of imide groups is 1. The maximum absolute atomic E-state index is 12.7. The summed E-state index contributed by atoms with van der Waals surface area (Å²) in [5.74, 6) is -2.23. The molecule has 3 saturated heterocycles. The number of esters is 1. The van der Waals surface area contributed by atoms with Crippen molar-refractivity contribution in [2.75, 3.05) is 14.2 Å². The molecule has 3 heterocycles. The van der Waals surface area contributed by atoms with Gasteiger partial charge in [-0.1, -0.05) is 30.3 Å². The van der Waals surface area contributed by atoms with Gasteiger partial charge < -0.3 is 4.74 Å². The Bertz CT molecular complexity index is 719. The van der Waals surface area contributed by atoms with E-state index in [-0.39, 0.29) is 11.8 Å². The fraction of sp³-hybridized carbons (Fsp3) is 0.471. The molecule has 0 saturated carbocycles. The Morgan fingerprint density at radius 3 is 2.48 bits per heavy atom. The SMILES string of the molecule is COC(=O)[C@]12CC[C@](c3ccccc3)(N1)[C@@H]1C(=O)N(C)C(=O)[C@@H]12. The Morgan fingerprint density at radius 1 is 1.17 bits per heavy atom. The standard InChI is InChI=1S/C17H18N2O4/c1-19-13(20)11-12(14(19)21)17(15(22)23-2)9-8-16(11,18-17)10-6-4-3-5-7-10/h3-7,11-12,18H,8-9H2,1-2H3/t11-,12+,16+,17+/m0/s1. The zero-order valence-electron chi connectivity index (χ0n) is 13.0. The number of amides is 2. The molecule has 1 N–H and O–H groups in total. The molecule has 120 valence electrons. The number of carbonyl (C=O) groups excluding carboxylic acids is 3. The third kappa shape index (κ3) is 1.49. The van der Waals surface area contributed by atoms with Gasteiger partial charge in [-0.05, 0) is 18.4 Å². The van der Waals surface area contributed by atoms with Crippen molar-refractivity contribution in [1.82, 2.24) is 10.2 Å². The van der Waals surface area contributed by atoms with E-state index in [1.54, 1.807) is 0 Å². The molecule has 2 amide bonds. The highest BCUT2D eigenvalue weighted by molar-refractivity contribution is 6.10. The first kappa shape index (κ1) is 14.4. The van der Waals surface area contributed by atoms with E-state index in [0.717, 1.165) is 10.5 Å². The van der Waals surface area contributed by atoms with Crippen molar-refractivity contribution in [1.29, 1.82) is 0 Å². The van der Waals surface area contributed by atoms with Crippen LogP contribution >= 0.6 is 0 Å². The van der Waals surface area contributed by atoms with Crippen LogP contribution in [-0.2, 0) is 24.7 Å². The van der Waals surface area contributed by atoms with Crippen molar-refractivity contribution < 1.29 is 19.1 Å². The molecule has 3 fully saturated rings. The molecule has 6 nitrogen and oxygen atoms in total. The Labute approximate surface area is 133 Å². The number of hydrogen-bond acceptors (Lipinski definition) is 5. The average Bonchev–Trinajstić information content (AvgIpc) is 3.20. The Balaban J connectivity index is 1.92. The van der Waals surface area contributed by atoms with Crippen LogP contribution < -0.4 is 5.32 Å². The minimum Gasteiger partial charge on any atom is -0.468 e. The van der Waals surface area contributed by atoms with Crippen LogP contribution in [0.3, 0.4) is 0 Å². The topological polar surface area (TPSA) is 75.7 Å². The maximum Gasteiger partial charge on any atom is 0.326 e. The van der Waals surface area contributed by atoms with Crippen molar-refractivity contribution in [2.24, 2.45) is 11.8 Å². The lowest BCUT2D eigenvalue weighted by molar-refractivity contribution is -0.153. The van der Waals surface area contributed by atoms with Gasteiger partial charge in [0, 0.05) is 7.05 Å². The normalized spacial score (nSPS) is 38.1. The number of hydrogen-bond donors (Lipinski definition) is 1. The first-order chi connectivity index (χ1) is 11.0. The van der Waals surface area contributed by atoms with Gasteiger partial charge in [0.15, 0.2) is 0 Å². The van der Waals surface area contributed by atoms with Crippen molar-refractivity contribution in [3.8, 4) is 0 Å². The highest BCUT2D eigenvalue weighted by atomic mass is 16.5. The number of likely N-dealkylation sites (tertiary alicyclic amines) is 1. The number of ether oxygens (including phenoxy) is 1. The molecule has 0 radical (unpaired) electrons. The van der Waals surface area contributed by atoms with Crippen LogP contribution in [0.15, 0.2) is 30.3 Å². The summed E-state index contributed by atoms with van der Waals surface area (Å²) in [6, 6.07) is 9.60. The van der Waals surface area contributed by atoms with E-state index in [0.29, 0.717) is 12.8 Å².